The molecule has 3 heterocycles. The van der Waals surface area contributed by atoms with Gasteiger partial charge in [0.2, 0.25) is 5.91 Å². The lowest BCUT2D eigenvalue weighted by atomic mass is 10.2. The zero-order valence-corrected chi connectivity index (χ0v) is 19.0. The summed E-state index contributed by atoms with van der Waals surface area (Å²) in [6.45, 7) is 9.11. The molecule has 1 N–H and O–H groups in total. The van der Waals surface area contributed by atoms with E-state index >= 15 is 0 Å². The number of hydrogen-bond donors (Lipinski definition) is 1. The smallest absolute Gasteiger partial charge is 0.263 e. The van der Waals surface area contributed by atoms with Gasteiger partial charge in [0.1, 0.15) is 4.83 Å². The van der Waals surface area contributed by atoms with Crippen molar-refractivity contribution >= 4 is 50.6 Å². The van der Waals surface area contributed by atoms with E-state index in [1.54, 1.807) is 27.2 Å². The lowest BCUT2D eigenvalue weighted by Gasteiger charge is -2.15. The Hall–Kier alpha value is -1.64. The van der Waals surface area contributed by atoms with Gasteiger partial charge in [0.15, 0.2) is 5.16 Å². The van der Waals surface area contributed by atoms with Crippen LogP contribution in [-0.4, -0.2) is 20.7 Å². The molecule has 150 valence electrons. The molecule has 1 atom stereocenters. The predicted octanol–water partition coefficient (Wildman–Crippen LogP) is 4.73. The number of unbranched alkanes of at least 4 members (excludes halogenated alkanes) is 1. The molecule has 0 bridgehead atoms. The van der Waals surface area contributed by atoms with E-state index in [2.05, 4.69) is 12.2 Å². The molecule has 0 saturated heterocycles. The van der Waals surface area contributed by atoms with Gasteiger partial charge in [0.25, 0.3) is 5.56 Å². The van der Waals surface area contributed by atoms with Crippen molar-refractivity contribution in [3.05, 3.63) is 43.2 Å². The highest BCUT2D eigenvalue weighted by atomic mass is 32.2. The molecule has 0 radical (unpaired) electrons. The zero-order valence-electron chi connectivity index (χ0n) is 16.6. The number of thioether (sulfide) groups is 1. The summed E-state index contributed by atoms with van der Waals surface area (Å²) in [5.74, 6) is -0.0478. The number of thiophene rings is 2. The highest BCUT2D eigenvalue weighted by Crippen LogP contribution is 2.30. The Balaban J connectivity index is 1.85. The molecule has 1 unspecified atom stereocenters. The molecule has 5 nitrogen and oxygen atoms in total. The Morgan fingerprint density at radius 2 is 2.18 bits per heavy atom. The molecule has 0 spiro atoms. The second-order valence-electron chi connectivity index (χ2n) is 6.73. The number of fused-ring (bicyclic) bond motifs is 1. The average Bonchev–Trinajstić information content (AvgIpc) is 3.28. The highest BCUT2D eigenvalue weighted by molar-refractivity contribution is 8.00. The summed E-state index contributed by atoms with van der Waals surface area (Å²) in [6.07, 6.45) is 1.90. The lowest BCUT2D eigenvalue weighted by Crippen LogP contribution is -2.31. The second-order valence-corrected chi connectivity index (χ2v) is 10.3. The highest BCUT2D eigenvalue weighted by Gasteiger charge is 2.21. The molecule has 3 rings (SSSR count). The molecule has 0 aliphatic heterocycles. The minimum Gasteiger partial charge on any atom is -0.350 e. The van der Waals surface area contributed by atoms with Crippen LogP contribution < -0.4 is 10.9 Å². The van der Waals surface area contributed by atoms with Crippen LogP contribution in [0.25, 0.3) is 10.2 Å². The number of amides is 1. The molecular weight excluding hydrogens is 410 g/mol. The van der Waals surface area contributed by atoms with Crippen molar-refractivity contribution < 1.29 is 4.79 Å². The maximum Gasteiger partial charge on any atom is 0.263 e. The van der Waals surface area contributed by atoms with Crippen LogP contribution in [0.5, 0.6) is 0 Å². The van der Waals surface area contributed by atoms with Crippen LogP contribution in [0.1, 0.15) is 42.0 Å². The van der Waals surface area contributed by atoms with E-state index in [0.717, 1.165) is 38.4 Å². The fourth-order valence-electron chi connectivity index (χ4n) is 2.85. The van der Waals surface area contributed by atoms with Gasteiger partial charge in [-0.2, -0.15) is 0 Å². The maximum absolute atomic E-state index is 13.1. The first-order valence-electron chi connectivity index (χ1n) is 9.39. The Morgan fingerprint density at radius 3 is 2.86 bits per heavy atom. The molecule has 8 heteroatoms. The van der Waals surface area contributed by atoms with Crippen LogP contribution in [0.4, 0.5) is 0 Å². The monoisotopic (exact) mass is 435 g/mol. The number of hydrogen-bond acceptors (Lipinski definition) is 6. The average molecular weight is 436 g/mol. The van der Waals surface area contributed by atoms with Crippen LogP contribution in [0.15, 0.2) is 27.5 Å². The van der Waals surface area contributed by atoms with Crippen molar-refractivity contribution in [2.45, 2.75) is 64.0 Å². The zero-order chi connectivity index (χ0) is 20.3. The summed E-state index contributed by atoms with van der Waals surface area (Å²) in [7, 11) is 0. The maximum atomic E-state index is 13.1. The molecule has 3 aromatic heterocycles. The largest absolute Gasteiger partial charge is 0.350 e. The van der Waals surface area contributed by atoms with Crippen LogP contribution in [-0.2, 0) is 17.9 Å². The topological polar surface area (TPSA) is 64.0 Å². The van der Waals surface area contributed by atoms with Crippen LogP contribution in [0, 0.1) is 13.8 Å². The normalized spacial score (nSPS) is 12.4. The first kappa shape index (κ1) is 21.1. The van der Waals surface area contributed by atoms with E-state index in [9.17, 15) is 9.59 Å². The van der Waals surface area contributed by atoms with Crippen molar-refractivity contribution in [3.8, 4) is 0 Å². The molecule has 0 aliphatic rings. The number of carbonyl (C=O) groups is 1. The minimum atomic E-state index is -0.334. The van der Waals surface area contributed by atoms with E-state index in [0.29, 0.717) is 18.2 Å². The van der Waals surface area contributed by atoms with Gasteiger partial charge >= 0.3 is 0 Å². The molecule has 1 amide bonds. The first-order chi connectivity index (χ1) is 13.4. The number of aromatic nitrogens is 2. The number of aryl methyl sites for hydroxylation is 2. The SMILES string of the molecule is CCCCn1c(SC(C)C(=O)NCc2cccs2)nc2sc(C)c(C)c2c1=O. The van der Waals surface area contributed by atoms with Crippen molar-refractivity contribution in [3.63, 3.8) is 0 Å². The summed E-state index contributed by atoms with van der Waals surface area (Å²) in [6, 6.07) is 3.98. The van der Waals surface area contributed by atoms with E-state index < -0.39 is 0 Å². The lowest BCUT2D eigenvalue weighted by molar-refractivity contribution is -0.120. The molecular formula is C20H25N3O2S3. The summed E-state index contributed by atoms with van der Waals surface area (Å²) < 4.78 is 1.75. The summed E-state index contributed by atoms with van der Waals surface area (Å²) in [5, 5.41) is 5.98. The van der Waals surface area contributed by atoms with Crippen LogP contribution in [0.3, 0.4) is 0 Å². The Morgan fingerprint density at radius 1 is 1.39 bits per heavy atom. The fraction of sp³-hybridized carbons (Fsp3) is 0.450. The van der Waals surface area contributed by atoms with Gasteiger partial charge in [-0.1, -0.05) is 31.2 Å². The Labute approximate surface area is 177 Å². The third-order valence-corrected chi connectivity index (χ3v) is 7.73. The van der Waals surface area contributed by atoms with Crippen LogP contribution >= 0.6 is 34.4 Å². The van der Waals surface area contributed by atoms with Crippen molar-refractivity contribution in [2.75, 3.05) is 0 Å². The van der Waals surface area contributed by atoms with Crippen LogP contribution in [0.2, 0.25) is 0 Å². The van der Waals surface area contributed by atoms with Gasteiger partial charge in [-0.05, 0) is 44.2 Å². The van der Waals surface area contributed by atoms with Gasteiger partial charge in [0, 0.05) is 16.3 Å². The Kier molecular flexibility index (Phi) is 6.95. The van der Waals surface area contributed by atoms with Gasteiger partial charge in [-0.3, -0.25) is 14.2 Å². The van der Waals surface area contributed by atoms with Gasteiger partial charge < -0.3 is 5.32 Å². The molecule has 0 aliphatic carbocycles. The van der Waals surface area contributed by atoms with Crippen molar-refractivity contribution in [1.29, 1.82) is 0 Å². The molecule has 0 fully saturated rings. The Bertz CT molecular complexity index is 1020. The number of rotatable bonds is 8. The molecule has 3 aromatic rings. The van der Waals surface area contributed by atoms with Gasteiger partial charge in [-0.15, -0.1) is 22.7 Å². The molecule has 28 heavy (non-hydrogen) atoms. The molecule has 0 aromatic carbocycles. The van der Waals surface area contributed by atoms with Gasteiger partial charge in [0.05, 0.1) is 17.2 Å². The van der Waals surface area contributed by atoms with E-state index in [4.69, 9.17) is 4.98 Å². The molecule has 0 saturated carbocycles. The number of carbonyl (C=O) groups excluding carboxylic acids is 1. The van der Waals surface area contributed by atoms with Crippen molar-refractivity contribution in [1.82, 2.24) is 14.9 Å². The number of nitrogens with one attached hydrogen (secondary N) is 1. The van der Waals surface area contributed by atoms with E-state index in [1.165, 1.54) is 11.8 Å². The summed E-state index contributed by atoms with van der Waals surface area (Å²) in [5.41, 5.74) is 1.02. The van der Waals surface area contributed by atoms with E-state index in [1.807, 2.05) is 38.3 Å². The fourth-order valence-corrected chi connectivity index (χ4v) is 5.53. The third-order valence-electron chi connectivity index (χ3n) is 4.66. The van der Waals surface area contributed by atoms with Gasteiger partial charge in [-0.25, -0.2) is 4.98 Å². The first-order valence-corrected chi connectivity index (χ1v) is 12.0. The quantitative estimate of drug-likeness (QED) is 0.410. The third kappa shape index (κ3) is 4.50. The van der Waals surface area contributed by atoms with E-state index in [-0.39, 0.29) is 16.7 Å². The minimum absolute atomic E-state index is 0.00833. The predicted molar refractivity (Wildman–Crippen MR) is 120 cm³/mol. The standard InChI is InChI=1S/C20H25N3O2S3/c1-5-6-9-23-19(25)16-12(2)13(3)27-18(16)22-20(23)28-14(4)17(24)21-11-15-8-7-10-26-15/h7-8,10,14H,5-6,9,11H2,1-4H3,(H,21,24). The second kappa shape index (κ2) is 9.24. The van der Waals surface area contributed by atoms with Crippen molar-refractivity contribution in [2.24, 2.45) is 0 Å². The summed E-state index contributed by atoms with van der Waals surface area (Å²) in [4.78, 5) is 33.4. The summed E-state index contributed by atoms with van der Waals surface area (Å²) >= 11 is 4.53. The number of nitrogens with zero attached hydrogens (tertiary/aromatic N) is 2.